The zero-order valence-electron chi connectivity index (χ0n) is 15.1. The third kappa shape index (κ3) is 7.81. The quantitative estimate of drug-likeness (QED) is 0.250. The first-order valence-electron chi connectivity index (χ1n) is 8.75. The molecule has 0 amide bonds. The zero-order chi connectivity index (χ0) is 16.5. The molecule has 0 spiro atoms. The van der Waals surface area contributed by atoms with Crippen molar-refractivity contribution in [1.82, 2.24) is 15.1 Å². The average molecular weight is 455 g/mol. The molecule has 0 aliphatic carbocycles. The number of aliphatic imine (C=N–C) groups is 1. The largest absolute Gasteiger partial charge is 0.379 e. The molecule has 0 unspecified atom stereocenters. The number of ether oxygens (including phenoxy) is 2. The third-order valence-corrected chi connectivity index (χ3v) is 4.56. The van der Waals surface area contributed by atoms with Gasteiger partial charge in [-0.05, 0) is 26.8 Å². The summed E-state index contributed by atoms with van der Waals surface area (Å²) in [5, 5.41) is 3.22. The number of hydrogen-bond donors (Lipinski definition) is 2. The molecule has 0 atom stereocenters. The van der Waals surface area contributed by atoms with E-state index in [1.54, 1.807) is 0 Å². The van der Waals surface area contributed by atoms with Gasteiger partial charge in [-0.3, -0.25) is 14.8 Å². The van der Waals surface area contributed by atoms with Crippen LogP contribution in [0.4, 0.5) is 0 Å². The summed E-state index contributed by atoms with van der Waals surface area (Å²) in [6.45, 7) is 14.4. The molecule has 0 aromatic carbocycles. The van der Waals surface area contributed by atoms with Crippen LogP contribution in [0, 0.1) is 0 Å². The number of hydrogen-bond acceptors (Lipinski definition) is 5. The minimum atomic E-state index is 0. The first kappa shape index (κ1) is 21.9. The summed E-state index contributed by atoms with van der Waals surface area (Å²) in [5.74, 6) is 0.549. The normalized spacial score (nSPS) is 21.3. The molecule has 0 aromatic rings. The second-order valence-electron chi connectivity index (χ2n) is 6.85. The highest BCUT2D eigenvalue weighted by molar-refractivity contribution is 14.0. The maximum absolute atomic E-state index is 5.99. The molecule has 0 aromatic heterocycles. The molecule has 3 N–H and O–H groups in total. The fraction of sp³-hybridized carbons (Fsp3) is 0.938. The van der Waals surface area contributed by atoms with E-state index in [1.165, 1.54) is 0 Å². The van der Waals surface area contributed by atoms with Crippen molar-refractivity contribution in [1.29, 1.82) is 0 Å². The summed E-state index contributed by atoms with van der Waals surface area (Å²) < 4.78 is 10.8. The van der Waals surface area contributed by atoms with Gasteiger partial charge in [0.25, 0.3) is 0 Å². The molecule has 0 saturated carbocycles. The van der Waals surface area contributed by atoms with Crippen LogP contribution in [0.25, 0.3) is 0 Å². The molecule has 2 fully saturated rings. The maximum Gasteiger partial charge on any atom is 0.188 e. The lowest BCUT2D eigenvalue weighted by molar-refractivity contribution is -0.00682. The standard InChI is InChI=1S/C16H33N5O2.HI/c1-16(2,21-8-12-23-13-9-21)14-19-15(17)18-4-3-5-20-6-10-22-11-7-20;/h3-14H2,1-2H3,(H3,17,18,19);1H. The molecular weight excluding hydrogens is 421 g/mol. The van der Waals surface area contributed by atoms with Gasteiger partial charge in [-0.1, -0.05) is 0 Å². The van der Waals surface area contributed by atoms with Gasteiger partial charge < -0.3 is 20.5 Å². The number of nitrogens with zero attached hydrogens (tertiary/aromatic N) is 3. The Morgan fingerprint density at radius 1 is 1.08 bits per heavy atom. The van der Waals surface area contributed by atoms with Crippen molar-refractivity contribution in [3.63, 3.8) is 0 Å². The van der Waals surface area contributed by atoms with Crippen LogP contribution >= 0.6 is 24.0 Å². The Hall–Kier alpha value is -0.160. The molecule has 2 aliphatic heterocycles. The van der Waals surface area contributed by atoms with Crippen LogP contribution in [0.15, 0.2) is 4.99 Å². The number of nitrogens with two attached hydrogens (primary N) is 1. The Balaban J connectivity index is 0.00000288. The predicted octanol–water partition coefficient (Wildman–Crippen LogP) is 0.342. The van der Waals surface area contributed by atoms with Crippen molar-refractivity contribution in [3.05, 3.63) is 0 Å². The van der Waals surface area contributed by atoms with Gasteiger partial charge in [-0.15, -0.1) is 24.0 Å². The molecular formula is C16H34IN5O2. The van der Waals surface area contributed by atoms with Crippen LogP contribution in [0.1, 0.15) is 20.3 Å². The Morgan fingerprint density at radius 2 is 1.67 bits per heavy atom. The van der Waals surface area contributed by atoms with E-state index in [2.05, 4.69) is 34.0 Å². The van der Waals surface area contributed by atoms with E-state index < -0.39 is 0 Å². The van der Waals surface area contributed by atoms with E-state index in [-0.39, 0.29) is 29.5 Å². The van der Waals surface area contributed by atoms with Crippen molar-refractivity contribution in [2.75, 3.05) is 72.2 Å². The lowest BCUT2D eigenvalue weighted by Gasteiger charge is -2.39. The molecule has 2 aliphatic rings. The Morgan fingerprint density at radius 3 is 2.29 bits per heavy atom. The van der Waals surface area contributed by atoms with Crippen LogP contribution < -0.4 is 11.1 Å². The highest BCUT2D eigenvalue weighted by Gasteiger charge is 2.27. The highest BCUT2D eigenvalue weighted by atomic mass is 127. The summed E-state index contributed by atoms with van der Waals surface area (Å²) >= 11 is 0. The van der Waals surface area contributed by atoms with E-state index in [0.29, 0.717) is 12.5 Å². The molecule has 24 heavy (non-hydrogen) atoms. The molecule has 142 valence electrons. The van der Waals surface area contributed by atoms with E-state index in [9.17, 15) is 0 Å². The number of halogens is 1. The SMILES string of the molecule is CC(C)(CN=C(N)NCCCN1CCOCC1)N1CCOCC1.I. The smallest absolute Gasteiger partial charge is 0.188 e. The van der Waals surface area contributed by atoms with Crippen molar-refractivity contribution < 1.29 is 9.47 Å². The Kier molecular flexibility index (Phi) is 10.4. The Bertz CT molecular complexity index is 369. The summed E-state index contributed by atoms with van der Waals surface area (Å²) in [6.07, 6.45) is 1.07. The van der Waals surface area contributed by atoms with E-state index in [1.807, 2.05) is 0 Å². The van der Waals surface area contributed by atoms with Gasteiger partial charge in [0.2, 0.25) is 0 Å². The number of nitrogens with one attached hydrogen (secondary N) is 1. The summed E-state index contributed by atoms with van der Waals surface area (Å²) in [7, 11) is 0. The minimum absolute atomic E-state index is 0. The molecule has 0 bridgehead atoms. The fourth-order valence-corrected chi connectivity index (χ4v) is 2.95. The van der Waals surface area contributed by atoms with E-state index >= 15 is 0 Å². The van der Waals surface area contributed by atoms with Crippen LogP contribution in [0.5, 0.6) is 0 Å². The van der Waals surface area contributed by atoms with E-state index in [0.717, 1.165) is 72.1 Å². The topological polar surface area (TPSA) is 75.3 Å². The van der Waals surface area contributed by atoms with Crippen LogP contribution in [0.2, 0.25) is 0 Å². The van der Waals surface area contributed by atoms with Crippen molar-refractivity contribution in [2.24, 2.45) is 10.7 Å². The third-order valence-electron chi connectivity index (χ3n) is 4.56. The monoisotopic (exact) mass is 455 g/mol. The van der Waals surface area contributed by atoms with Crippen molar-refractivity contribution in [3.8, 4) is 0 Å². The van der Waals surface area contributed by atoms with E-state index in [4.69, 9.17) is 15.2 Å². The highest BCUT2D eigenvalue weighted by Crippen LogP contribution is 2.16. The summed E-state index contributed by atoms with van der Waals surface area (Å²) in [6, 6.07) is 0. The second kappa shape index (κ2) is 11.5. The zero-order valence-corrected chi connectivity index (χ0v) is 17.5. The minimum Gasteiger partial charge on any atom is -0.379 e. The lowest BCUT2D eigenvalue weighted by Crippen LogP contribution is -2.52. The van der Waals surface area contributed by atoms with Crippen molar-refractivity contribution in [2.45, 2.75) is 25.8 Å². The van der Waals surface area contributed by atoms with Gasteiger partial charge in [0.05, 0.1) is 33.0 Å². The molecule has 2 heterocycles. The first-order valence-corrected chi connectivity index (χ1v) is 8.75. The number of morpholine rings is 2. The molecule has 8 heteroatoms. The number of rotatable bonds is 7. The van der Waals surface area contributed by atoms with Gasteiger partial charge in [-0.25, -0.2) is 0 Å². The van der Waals surface area contributed by atoms with Gasteiger partial charge in [0.1, 0.15) is 0 Å². The van der Waals surface area contributed by atoms with Crippen LogP contribution in [-0.2, 0) is 9.47 Å². The molecule has 7 nitrogen and oxygen atoms in total. The summed E-state index contributed by atoms with van der Waals surface area (Å²) in [5.41, 5.74) is 6.01. The van der Waals surface area contributed by atoms with Gasteiger partial charge in [0.15, 0.2) is 5.96 Å². The average Bonchev–Trinajstić information content (AvgIpc) is 2.59. The first-order chi connectivity index (χ1) is 11.1. The van der Waals surface area contributed by atoms with Crippen LogP contribution in [0.3, 0.4) is 0 Å². The molecule has 2 rings (SSSR count). The Labute approximate surface area is 163 Å². The van der Waals surface area contributed by atoms with Gasteiger partial charge in [0, 0.05) is 38.3 Å². The molecule has 0 radical (unpaired) electrons. The maximum atomic E-state index is 5.99. The predicted molar refractivity (Wildman–Crippen MR) is 108 cm³/mol. The number of guanidine groups is 1. The molecule has 2 saturated heterocycles. The second-order valence-corrected chi connectivity index (χ2v) is 6.85. The lowest BCUT2D eigenvalue weighted by atomic mass is 10.0. The fourth-order valence-electron chi connectivity index (χ4n) is 2.95. The van der Waals surface area contributed by atoms with Crippen molar-refractivity contribution >= 4 is 29.9 Å². The van der Waals surface area contributed by atoms with Gasteiger partial charge in [-0.2, -0.15) is 0 Å². The summed E-state index contributed by atoms with van der Waals surface area (Å²) in [4.78, 5) is 9.38. The van der Waals surface area contributed by atoms with Crippen LogP contribution in [-0.4, -0.2) is 93.5 Å². The van der Waals surface area contributed by atoms with Gasteiger partial charge >= 0.3 is 0 Å².